The van der Waals surface area contributed by atoms with E-state index in [1.54, 1.807) is 6.07 Å². The van der Waals surface area contributed by atoms with Gasteiger partial charge in [-0.3, -0.25) is 14.6 Å². The fourth-order valence-electron chi connectivity index (χ4n) is 1.80. The van der Waals surface area contributed by atoms with Crippen LogP contribution in [0.1, 0.15) is 40.8 Å². The predicted octanol–water partition coefficient (Wildman–Crippen LogP) is 1.80. The van der Waals surface area contributed by atoms with Crippen molar-refractivity contribution in [2.75, 3.05) is 4.72 Å². The van der Waals surface area contributed by atoms with Crippen molar-refractivity contribution in [3.05, 3.63) is 28.4 Å². The van der Waals surface area contributed by atoms with Gasteiger partial charge in [-0.1, -0.05) is 13.8 Å². The third kappa shape index (κ3) is 3.08. The van der Waals surface area contributed by atoms with E-state index < -0.39 is 15.9 Å². The average Bonchev–Trinajstić information content (AvgIpc) is 2.95. The molecule has 1 amide bonds. The molecular weight excluding hydrogens is 312 g/mol. The second-order valence-electron chi connectivity index (χ2n) is 4.85. The van der Waals surface area contributed by atoms with E-state index in [1.807, 2.05) is 20.8 Å². The van der Waals surface area contributed by atoms with E-state index in [0.717, 1.165) is 16.2 Å². The van der Waals surface area contributed by atoms with Gasteiger partial charge in [0.05, 0.1) is 5.69 Å². The highest BCUT2D eigenvalue weighted by Crippen LogP contribution is 2.29. The Morgan fingerprint density at radius 3 is 2.57 bits per heavy atom. The summed E-state index contributed by atoms with van der Waals surface area (Å²) in [6.45, 7) is 5.52. The third-order valence-electron chi connectivity index (χ3n) is 2.82. The molecule has 0 radical (unpaired) electrons. The van der Waals surface area contributed by atoms with E-state index >= 15 is 0 Å². The summed E-state index contributed by atoms with van der Waals surface area (Å²) >= 11 is 1.15. The average molecular weight is 328 g/mol. The summed E-state index contributed by atoms with van der Waals surface area (Å²) in [5.74, 6) is -0.841. The van der Waals surface area contributed by atoms with Gasteiger partial charge in [-0.2, -0.15) is 5.10 Å². The van der Waals surface area contributed by atoms with Crippen LogP contribution in [0.2, 0.25) is 0 Å². The number of thiophene rings is 1. The highest BCUT2D eigenvalue weighted by Gasteiger charge is 2.25. The first-order valence-corrected chi connectivity index (χ1v) is 8.49. The number of hydrogen-bond acceptors (Lipinski definition) is 5. The number of aryl methyl sites for hydroxylation is 1. The Hall–Kier alpha value is -1.87. The van der Waals surface area contributed by atoms with Crippen LogP contribution in [0.3, 0.4) is 0 Å². The number of anilines is 1. The summed E-state index contributed by atoms with van der Waals surface area (Å²) in [6, 6.07) is 3.23. The Morgan fingerprint density at radius 2 is 2.10 bits per heavy atom. The normalized spacial score (nSPS) is 11.8. The van der Waals surface area contributed by atoms with Crippen LogP contribution in [0.15, 0.2) is 16.3 Å². The van der Waals surface area contributed by atoms with Crippen LogP contribution in [-0.2, 0) is 10.0 Å². The molecule has 0 aliphatic carbocycles. The second kappa shape index (κ2) is 5.49. The maximum Gasteiger partial charge on any atom is 0.271 e. The first kappa shape index (κ1) is 15.5. The molecule has 0 atom stereocenters. The number of nitrogens with one attached hydrogen (secondary N) is 2. The van der Waals surface area contributed by atoms with E-state index in [-0.39, 0.29) is 21.5 Å². The zero-order valence-electron chi connectivity index (χ0n) is 11.8. The van der Waals surface area contributed by atoms with Gasteiger partial charge in [0, 0.05) is 4.88 Å². The number of aromatic amines is 1. The molecule has 2 aromatic rings. The number of nitrogens with two attached hydrogens (primary N) is 1. The number of nitrogens with zero attached hydrogens (tertiary/aromatic N) is 1. The zero-order valence-corrected chi connectivity index (χ0v) is 13.4. The van der Waals surface area contributed by atoms with Gasteiger partial charge in [0.25, 0.3) is 15.9 Å². The summed E-state index contributed by atoms with van der Waals surface area (Å²) in [6.07, 6.45) is 0. The van der Waals surface area contributed by atoms with Crippen molar-refractivity contribution in [3.8, 4) is 0 Å². The van der Waals surface area contributed by atoms with Gasteiger partial charge in [0.1, 0.15) is 9.90 Å². The smallest absolute Gasteiger partial charge is 0.271 e. The molecule has 9 heteroatoms. The van der Waals surface area contributed by atoms with Crippen LogP contribution in [0, 0.1) is 6.92 Å². The predicted molar refractivity (Wildman–Crippen MR) is 81.1 cm³/mol. The van der Waals surface area contributed by atoms with Gasteiger partial charge in [-0.15, -0.1) is 11.3 Å². The van der Waals surface area contributed by atoms with Gasteiger partial charge in [0.2, 0.25) is 0 Å². The molecule has 4 N–H and O–H groups in total. The molecule has 2 aromatic heterocycles. The van der Waals surface area contributed by atoms with Crippen LogP contribution in [0.5, 0.6) is 0 Å². The minimum absolute atomic E-state index is 0.0478. The first-order valence-electron chi connectivity index (χ1n) is 6.19. The maximum atomic E-state index is 12.4. The van der Waals surface area contributed by atoms with Gasteiger partial charge in [-0.25, -0.2) is 8.42 Å². The topological polar surface area (TPSA) is 118 Å². The Morgan fingerprint density at radius 1 is 1.43 bits per heavy atom. The lowest BCUT2D eigenvalue weighted by molar-refractivity contribution is 0.0996. The number of primary amides is 1. The van der Waals surface area contributed by atoms with Crippen molar-refractivity contribution in [1.29, 1.82) is 0 Å². The van der Waals surface area contributed by atoms with Gasteiger partial charge in [-0.05, 0) is 25.0 Å². The number of carbonyl (C=O) groups excluding carboxylic acids is 1. The number of aromatic nitrogens is 2. The van der Waals surface area contributed by atoms with Crippen LogP contribution in [0.4, 0.5) is 5.69 Å². The Balaban J connectivity index is 2.47. The lowest BCUT2D eigenvalue weighted by Gasteiger charge is -2.10. The molecule has 0 fully saturated rings. The van der Waals surface area contributed by atoms with Gasteiger partial charge in [0.15, 0.2) is 5.69 Å². The largest absolute Gasteiger partial charge is 0.364 e. The van der Waals surface area contributed by atoms with Crippen molar-refractivity contribution < 1.29 is 13.2 Å². The number of amides is 1. The minimum atomic E-state index is -3.77. The Kier molecular flexibility index (Phi) is 4.06. The number of rotatable bonds is 5. The standard InChI is InChI=1S/C12H16N4O3S2/c1-6(2)9-10(11(12(13)17)15-14-9)16-21(18,19)8-5-4-7(3)20-8/h4-6,16H,1-3H3,(H2,13,17)(H,14,15). The molecule has 7 nitrogen and oxygen atoms in total. The van der Waals surface area contributed by atoms with Crippen molar-refractivity contribution >= 4 is 33.0 Å². The molecule has 2 heterocycles. The van der Waals surface area contributed by atoms with Crippen molar-refractivity contribution in [2.45, 2.75) is 30.9 Å². The highest BCUT2D eigenvalue weighted by atomic mass is 32.2. The summed E-state index contributed by atoms with van der Waals surface area (Å²) in [5.41, 5.74) is 5.75. The molecule has 0 saturated carbocycles. The van der Waals surface area contributed by atoms with Crippen molar-refractivity contribution in [3.63, 3.8) is 0 Å². The summed E-state index contributed by atoms with van der Waals surface area (Å²) in [4.78, 5) is 12.3. The van der Waals surface area contributed by atoms with E-state index in [2.05, 4.69) is 14.9 Å². The molecule has 0 bridgehead atoms. The van der Waals surface area contributed by atoms with Crippen LogP contribution in [-0.4, -0.2) is 24.5 Å². The summed E-state index contributed by atoms with van der Waals surface area (Å²) < 4.78 is 27.3. The van der Waals surface area contributed by atoms with Gasteiger partial charge >= 0.3 is 0 Å². The number of carbonyl (C=O) groups is 1. The molecule has 0 aliphatic rings. The Bertz CT molecular complexity index is 774. The molecule has 0 aromatic carbocycles. The monoisotopic (exact) mass is 328 g/mol. The molecule has 0 aliphatic heterocycles. The van der Waals surface area contributed by atoms with Crippen molar-refractivity contribution in [2.24, 2.45) is 5.73 Å². The molecule has 114 valence electrons. The summed E-state index contributed by atoms with van der Waals surface area (Å²) in [5, 5.41) is 6.46. The summed E-state index contributed by atoms with van der Waals surface area (Å²) in [7, 11) is -3.77. The zero-order chi connectivity index (χ0) is 15.8. The second-order valence-corrected chi connectivity index (χ2v) is 8.05. The quantitative estimate of drug-likeness (QED) is 0.775. The van der Waals surface area contributed by atoms with E-state index in [0.29, 0.717) is 5.69 Å². The van der Waals surface area contributed by atoms with Gasteiger partial charge < -0.3 is 5.73 Å². The molecule has 2 rings (SSSR count). The number of hydrogen-bond donors (Lipinski definition) is 3. The van der Waals surface area contributed by atoms with E-state index in [9.17, 15) is 13.2 Å². The third-order valence-corrected chi connectivity index (χ3v) is 5.66. The lowest BCUT2D eigenvalue weighted by Crippen LogP contribution is -2.18. The van der Waals surface area contributed by atoms with Crippen molar-refractivity contribution in [1.82, 2.24) is 10.2 Å². The molecular formula is C12H16N4O3S2. The number of sulfonamides is 1. The fraction of sp³-hybridized carbons (Fsp3) is 0.333. The minimum Gasteiger partial charge on any atom is -0.364 e. The van der Waals surface area contributed by atoms with Crippen LogP contribution in [0.25, 0.3) is 0 Å². The molecule has 0 spiro atoms. The molecule has 21 heavy (non-hydrogen) atoms. The fourth-order valence-corrected chi connectivity index (χ4v) is 4.17. The maximum absolute atomic E-state index is 12.4. The van der Waals surface area contributed by atoms with E-state index in [1.165, 1.54) is 6.07 Å². The molecule has 0 saturated heterocycles. The Labute approximate surface area is 126 Å². The SMILES string of the molecule is Cc1ccc(S(=O)(=O)Nc2c(C(N)=O)n[nH]c2C(C)C)s1. The molecule has 0 unspecified atom stereocenters. The number of H-pyrrole nitrogens is 1. The lowest BCUT2D eigenvalue weighted by atomic mass is 10.1. The first-order chi connectivity index (χ1) is 9.72. The van der Waals surface area contributed by atoms with E-state index in [4.69, 9.17) is 5.73 Å². The van der Waals surface area contributed by atoms with Crippen LogP contribution >= 0.6 is 11.3 Å². The highest BCUT2D eigenvalue weighted by molar-refractivity contribution is 7.94. The van der Waals surface area contributed by atoms with Crippen LogP contribution < -0.4 is 10.5 Å².